The minimum absolute atomic E-state index is 0.569. The summed E-state index contributed by atoms with van der Waals surface area (Å²) in [6.45, 7) is 0. The average molecular weight is 262 g/mol. The smallest absolute Gasteiger partial charge is 0.129 e. The molecule has 1 heterocycles. The Labute approximate surface area is 112 Å². The number of nitrogen functional groups attached to an aromatic ring is 1. The second-order valence-corrected chi connectivity index (χ2v) is 5.34. The minimum atomic E-state index is 0.569. The van der Waals surface area contributed by atoms with Crippen molar-refractivity contribution in [3.63, 3.8) is 0 Å². The van der Waals surface area contributed by atoms with E-state index < -0.39 is 0 Å². The van der Waals surface area contributed by atoms with Crippen LogP contribution in [-0.4, -0.2) is 9.78 Å². The van der Waals surface area contributed by atoms with E-state index in [0.29, 0.717) is 5.92 Å². The summed E-state index contributed by atoms with van der Waals surface area (Å²) in [4.78, 5) is 0. The van der Waals surface area contributed by atoms with Crippen LogP contribution >= 0.6 is 11.6 Å². The molecule has 0 aliphatic heterocycles. The number of nitrogens with zero attached hydrogens (tertiary/aromatic N) is 2. The summed E-state index contributed by atoms with van der Waals surface area (Å²) in [7, 11) is 1.90. The Morgan fingerprint density at radius 2 is 1.94 bits per heavy atom. The Bertz CT molecular complexity index is 567. The van der Waals surface area contributed by atoms with Crippen LogP contribution < -0.4 is 5.73 Å². The quantitative estimate of drug-likeness (QED) is 0.898. The fraction of sp³-hybridized carbons (Fsp3) is 0.357. The van der Waals surface area contributed by atoms with Crippen LogP contribution in [0.1, 0.15) is 30.9 Å². The lowest BCUT2D eigenvalue weighted by Crippen LogP contribution is -2.10. The van der Waals surface area contributed by atoms with Gasteiger partial charge >= 0.3 is 0 Å². The van der Waals surface area contributed by atoms with Crippen molar-refractivity contribution in [3.05, 3.63) is 35.0 Å². The van der Waals surface area contributed by atoms with Gasteiger partial charge in [0.1, 0.15) is 5.82 Å². The van der Waals surface area contributed by atoms with Crippen molar-refractivity contribution in [2.24, 2.45) is 7.05 Å². The van der Waals surface area contributed by atoms with E-state index in [1.54, 1.807) is 4.68 Å². The zero-order valence-corrected chi connectivity index (χ0v) is 11.1. The van der Waals surface area contributed by atoms with Crippen molar-refractivity contribution >= 4 is 17.4 Å². The monoisotopic (exact) mass is 261 g/mol. The fourth-order valence-corrected chi connectivity index (χ4v) is 2.56. The van der Waals surface area contributed by atoms with Crippen molar-refractivity contribution in [3.8, 4) is 11.1 Å². The molecule has 1 fully saturated rings. The van der Waals surface area contributed by atoms with Crippen molar-refractivity contribution in [2.75, 3.05) is 5.73 Å². The molecule has 4 heteroatoms. The van der Waals surface area contributed by atoms with Crippen LogP contribution in [0.15, 0.2) is 24.3 Å². The Morgan fingerprint density at radius 1 is 1.28 bits per heavy atom. The first-order valence-corrected chi connectivity index (χ1v) is 6.63. The van der Waals surface area contributed by atoms with Gasteiger partial charge in [0.15, 0.2) is 0 Å². The third-order valence-electron chi connectivity index (χ3n) is 3.74. The molecule has 0 saturated heterocycles. The van der Waals surface area contributed by atoms with Gasteiger partial charge < -0.3 is 5.73 Å². The summed E-state index contributed by atoms with van der Waals surface area (Å²) < 4.78 is 1.78. The molecule has 0 amide bonds. The second kappa shape index (κ2) is 4.32. The molecular weight excluding hydrogens is 246 g/mol. The summed E-state index contributed by atoms with van der Waals surface area (Å²) in [5.74, 6) is 1.30. The second-order valence-electron chi connectivity index (χ2n) is 4.90. The van der Waals surface area contributed by atoms with E-state index >= 15 is 0 Å². The summed E-state index contributed by atoms with van der Waals surface area (Å²) >= 11 is 5.93. The van der Waals surface area contributed by atoms with E-state index in [1.165, 1.54) is 19.3 Å². The molecule has 2 N–H and O–H groups in total. The molecule has 0 atom stereocenters. The van der Waals surface area contributed by atoms with E-state index in [1.807, 2.05) is 31.3 Å². The molecule has 94 valence electrons. The Balaban J connectivity index is 2.11. The van der Waals surface area contributed by atoms with Gasteiger partial charge in [-0.25, -0.2) is 0 Å². The maximum absolute atomic E-state index is 6.16. The number of halogens is 1. The van der Waals surface area contributed by atoms with E-state index in [2.05, 4.69) is 5.10 Å². The van der Waals surface area contributed by atoms with Gasteiger partial charge in [-0.1, -0.05) is 30.2 Å². The predicted molar refractivity (Wildman–Crippen MR) is 74.7 cm³/mol. The van der Waals surface area contributed by atoms with Crippen LogP contribution in [0.25, 0.3) is 11.1 Å². The summed E-state index contributed by atoms with van der Waals surface area (Å²) in [6.07, 6.45) is 3.73. The fourth-order valence-electron chi connectivity index (χ4n) is 2.44. The Morgan fingerprint density at radius 3 is 2.50 bits per heavy atom. The summed E-state index contributed by atoms with van der Waals surface area (Å²) in [6, 6.07) is 7.82. The average Bonchev–Trinajstić information content (AvgIpc) is 2.55. The summed E-state index contributed by atoms with van der Waals surface area (Å²) in [5.41, 5.74) is 9.49. The molecule has 2 aromatic rings. The number of benzene rings is 1. The van der Waals surface area contributed by atoms with Crippen molar-refractivity contribution in [1.29, 1.82) is 0 Å². The molecule has 1 aliphatic rings. The molecule has 3 rings (SSSR count). The lowest BCUT2D eigenvalue weighted by atomic mass is 9.80. The van der Waals surface area contributed by atoms with E-state index in [0.717, 1.165) is 27.7 Å². The van der Waals surface area contributed by atoms with Gasteiger partial charge in [0.25, 0.3) is 0 Å². The number of rotatable bonds is 2. The lowest BCUT2D eigenvalue weighted by Gasteiger charge is -2.24. The molecule has 3 nitrogen and oxygen atoms in total. The minimum Gasteiger partial charge on any atom is -0.383 e. The Kier molecular flexibility index (Phi) is 2.78. The van der Waals surface area contributed by atoms with E-state index in [4.69, 9.17) is 17.3 Å². The van der Waals surface area contributed by atoms with E-state index in [9.17, 15) is 0 Å². The molecule has 1 aromatic carbocycles. The van der Waals surface area contributed by atoms with E-state index in [-0.39, 0.29) is 0 Å². The van der Waals surface area contributed by atoms with Crippen LogP contribution in [0.4, 0.5) is 5.82 Å². The molecule has 0 spiro atoms. The van der Waals surface area contributed by atoms with Crippen LogP contribution in [0.3, 0.4) is 0 Å². The number of aromatic nitrogens is 2. The van der Waals surface area contributed by atoms with Crippen LogP contribution in [0.5, 0.6) is 0 Å². The SMILES string of the molecule is Cn1nc(C2CCC2)c(-c2ccc(Cl)cc2)c1N. The van der Waals surface area contributed by atoms with Gasteiger partial charge in [0.05, 0.1) is 5.69 Å². The molecule has 0 radical (unpaired) electrons. The zero-order chi connectivity index (χ0) is 12.7. The molecule has 0 bridgehead atoms. The predicted octanol–water partition coefficient (Wildman–Crippen LogP) is 3.59. The van der Waals surface area contributed by atoms with Crippen molar-refractivity contribution in [1.82, 2.24) is 9.78 Å². The number of hydrogen-bond donors (Lipinski definition) is 1. The topological polar surface area (TPSA) is 43.8 Å². The lowest BCUT2D eigenvalue weighted by molar-refractivity contribution is 0.408. The third-order valence-corrected chi connectivity index (χ3v) is 4.00. The highest BCUT2D eigenvalue weighted by Crippen LogP contribution is 2.42. The maximum atomic E-state index is 6.16. The highest BCUT2D eigenvalue weighted by atomic mass is 35.5. The van der Waals surface area contributed by atoms with Gasteiger partial charge in [0, 0.05) is 23.6 Å². The normalized spacial score (nSPS) is 15.7. The summed E-state index contributed by atoms with van der Waals surface area (Å²) in [5, 5.41) is 5.33. The molecule has 1 aliphatic carbocycles. The maximum Gasteiger partial charge on any atom is 0.129 e. The molecule has 0 unspecified atom stereocenters. The van der Waals surface area contributed by atoms with Crippen molar-refractivity contribution in [2.45, 2.75) is 25.2 Å². The number of aryl methyl sites for hydroxylation is 1. The van der Waals surface area contributed by atoms with Gasteiger partial charge in [-0.05, 0) is 30.5 Å². The molecular formula is C14H16ClN3. The standard InChI is InChI=1S/C14H16ClN3/c1-18-14(16)12(9-5-7-11(15)8-6-9)13(17-18)10-3-2-4-10/h5-8,10H,2-4,16H2,1H3. The van der Waals surface area contributed by atoms with Crippen LogP contribution in [0.2, 0.25) is 5.02 Å². The number of nitrogens with two attached hydrogens (primary N) is 1. The molecule has 18 heavy (non-hydrogen) atoms. The zero-order valence-electron chi connectivity index (χ0n) is 10.4. The first kappa shape index (κ1) is 11.6. The first-order valence-electron chi connectivity index (χ1n) is 6.25. The molecule has 1 saturated carbocycles. The van der Waals surface area contributed by atoms with Crippen molar-refractivity contribution < 1.29 is 0 Å². The highest BCUT2D eigenvalue weighted by Gasteiger charge is 2.27. The first-order chi connectivity index (χ1) is 8.66. The van der Waals surface area contributed by atoms with Gasteiger partial charge in [-0.15, -0.1) is 0 Å². The highest BCUT2D eigenvalue weighted by molar-refractivity contribution is 6.30. The molecule has 1 aromatic heterocycles. The van der Waals surface area contributed by atoms with Crippen LogP contribution in [-0.2, 0) is 7.05 Å². The largest absolute Gasteiger partial charge is 0.383 e. The van der Waals surface area contributed by atoms with Crippen LogP contribution in [0, 0.1) is 0 Å². The third kappa shape index (κ3) is 1.79. The number of hydrogen-bond acceptors (Lipinski definition) is 2. The van der Waals surface area contributed by atoms with Gasteiger partial charge in [-0.3, -0.25) is 4.68 Å². The van der Waals surface area contributed by atoms with Gasteiger partial charge in [-0.2, -0.15) is 5.10 Å². The number of anilines is 1. The Hall–Kier alpha value is -1.48. The van der Waals surface area contributed by atoms with Gasteiger partial charge in [0.2, 0.25) is 0 Å².